The van der Waals surface area contributed by atoms with E-state index in [9.17, 15) is 9.90 Å². The van der Waals surface area contributed by atoms with Crippen LogP contribution in [0.2, 0.25) is 0 Å². The average Bonchev–Trinajstić information content (AvgIpc) is 2.15. The van der Waals surface area contributed by atoms with Gasteiger partial charge in [0.1, 0.15) is 5.75 Å². The summed E-state index contributed by atoms with van der Waals surface area (Å²) in [6.07, 6.45) is 0.621. The summed E-state index contributed by atoms with van der Waals surface area (Å²) in [5.41, 5.74) is 1.34. The molecule has 0 saturated heterocycles. The number of carbonyl (C=O) groups is 1. The first-order valence-corrected chi connectivity index (χ1v) is 5.37. The van der Waals surface area contributed by atoms with E-state index in [4.69, 9.17) is 5.11 Å². The molecule has 0 spiro atoms. The van der Waals surface area contributed by atoms with E-state index in [0.717, 1.165) is 0 Å². The number of phenolic OH excluding ortho intramolecular Hbond substituents is 1. The van der Waals surface area contributed by atoms with Gasteiger partial charge in [0.15, 0.2) is 0 Å². The summed E-state index contributed by atoms with van der Waals surface area (Å²) in [5.74, 6) is -0.736. The highest BCUT2D eigenvalue weighted by atomic mass is 16.4. The van der Waals surface area contributed by atoms with Gasteiger partial charge in [0.25, 0.3) is 0 Å². The van der Waals surface area contributed by atoms with Gasteiger partial charge >= 0.3 is 5.97 Å². The van der Waals surface area contributed by atoms with Crippen LogP contribution in [0, 0.1) is 0 Å². The van der Waals surface area contributed by atoms with Crippen LogP contribution in [0.1, 0.15) is 49.2 Å². The second-order valence-corrected chi connectivity index (χ2v) is 4.94. The third-order valence-electron chi connectivity index (χ3n) is 2.62. The molecule has 1 rings (SSSR count). The first-order chi connectivity index (χ1) is 7.27. The smallest absolute Gasteiger partial charge is 0.335 e. The molecule has 0 aliphatic rings. The number of phenols is 1. The van der Waals surface area contributed by atoms with Crippen molar-refractivity contribution in [3.63, 3.8) is 0 Å². The number of aromatic hydroxyl groups is 1. The maximum absolute atomic E-state index is 11.0. The standard InChI is InChI=1S/C13H18O3/c1-5-8-6-9(12(15)16)7-10(11(8)14)13(2,3)4/h6-7,14H,5H2,1-4H3,(H,15,16). The van der Waals surface area contributed by atoms with Crippen molar-refractivity contribution < 1.29 is 15.0 Å². The molecule has 0 amide bonds. The van der Waals surface area contributed by atoms with Crippen molar-refractivity contribution in [1.29, 1.82) is 0 Å². The number of carboxylic acid groups (broad SMARTS) is 1. The Labute approximate surface area is 95.7 Å². The highest BCUT2D eigenvalue weighted by Crippen LogP contribution is 2.34. The molecule has 2 N–H and O–H groups in total. The number of benzene rings is 1. The molecule has 1 aromatic carbocycles. The Kier molecular flexibility index (Phi) is 3.27. The van der Waals surface area contributed by atoms with Crippen LogP contribution in [0.5, 0.6) is 5.75 Å². The normalized spacial score (nSPS) is 11.5. The van der Waals surface area contributed by atoms with Gasteiger partial charge < -0.3 is 10.2 Å². The lowest BCUT2D eigenvalue weighted by atomic mass is 9.83. The molecule has 0 radical (unpaired) electrons. The Bertz CT molecular complexity index is 414. The Balaban J connectivity index is 3.48. The molecule has 0 fully saturated rings. The van der Waals surface area contributed by atoms with Crippen molar-refractivity contribution in [2.75, 3.05) is 0 Å². The van der Waals surface area contributed by atoms with Crippen molar-refractivity contribution in [3.8, 4) is 5.75 Å². The van der Waals surface area contributed by atoms with Crippen molar-refractivity contribution in [2.45, 2.75) is 39.5 Å². The molecule has 16 heavy (non-hydrogen) atoms. The van der Waals surface area contributed by atoms with E-state index >= 15 is 0 Å². The van der Waals surface area contributed by atoms with E-state index in [1.54, 1.807) is 6.07 Å². The lowest BCUT2D eigenvalue weighted by Crippen LogP contribution is -2.14. The van der Waals surface area contributed by atoms with Crippen molar-refractivity contribution in [2.24, 2.45) is 0 Å². The van der Waals surface area contributed by atoms with Crippen LogP contribution < -0.4 is 0 Å². The molecular weight excluding hydrogens is 204 g/mol. The number of hydrogen-bond acceptors (Lipinski definition) is 2. The van der Waals surface area contributed by atoms with E-state index in [1.807, 2.05) is 27.7 Å². The molecule has 0 aliphatic heterocycles. The number of hydrogen-bond donors (Lipinski definition) is 2. The van der Waals surface area contributed by atoms with Gasteiger partial charge in [-0.15, -0.1) is 0 Å². The molecular formula is C13H18O3. The topological polar surface area (TPSA) is 57.5 Å². The lowest BCUT2D eigenvalue weighted by Gasteiger charge is -2.22. The average molecular weight is 222 g/mol. The minimum atomic E-state index is -0.958. The summed E-state index contributed by atoms with van der Waals surface area (Å²) in [7, 11) is 0. The van der Waals surface area contributed by atoms with E-state index in [1.165, 1.54) is 6.07 Å². The second-order valence-electron chi connectivity index (χ2n) is 4.94. The second kappa shape index (κ2) is 4.16. The van der Waals surface area contributed by atoms with Gasteiger partial charge in [0.05, 0.1) is 5.56 Å². The fourth-order valence-electron chi connectivity index (χ4n) is 1.66. The highest BCUT2D eigenvalue weighted by molar-refractivity contribution is 5.88. The molecule has 0 atom stereocenters. The fourth-order valence-corrected chi connectivity index (χ4v) is 1.66. The Morgan fingerprint density at radius 3 is 2.25 bits per heavy atom. The van der Waals surface area contributed by atoms with Gasteiger partial charge in [-0.2, -0.15) is 0 Å². The molecule has 0 aliphatic carbocycles. The summed E-state index contributed by atoms with van der Waals surface area (Å²) in [5, 5.41) is 19.0. The molecule has 3 heteroatoms. The lowest BCUT2D eigenvalue weighted by molar-refractivity contribution is 0.0696. The molecule has 0 saturated carbocycles. The first kappa shape index (κ1) is 12.6. The highest BCUT2D eigenvalue weighted by Gasteiger charge is 2.22. The summed E-state index contributed by atoms with van der Waals surface area (Å²) >= 11 is 0. The Hall–Kier alpha value is -1.51. The van der Waals surface area contributed by atoms with Crippen LogP contribution in [0.15, 0.2) is 12.1 Å². The van der Waals surface area contributed by atoms with Gasteiger partial charge in [0.2, 0.25) is 0 Å². The summed E-state index contributed by atoms with van der Waals surface area (Å²) in [4.78, 5) is 11.0. The summed E-state index contributed by atoms with van der Waals surface area (Å²) in [6.45, 7) is 7.75. The monoisotopic (exact) mass is 222 g/mol. The minimum absolute atomic E-state index is 0.222. The largest absolute Gasteiger partial charge is 0.507 e. The van der Waals surface area contributed by atoms with Crippen molar-refractivity contribution >= 4 is 5.97 Å². The number of aryl methyl sites for hydroxylation is 1. The van der Waals surface area contributed by atoms with Gasteiger partial charge in [0, 0.05) is 5.56 Å². The third kappa shape index (κ3) is 2.35. The molecule has 0 unspecified atom stereocenters. The zero-order chi connectivity index (χ0) is 12.5. The number of aromatic carboxylic acids is 1. The van der Waals surface area contributed by atoms with Gasteiger partial charge in [-0.1, -0.05) is 27.7 Å². The molecule has 1 aromatic rings. The number of carboxylic acids is 1. The zero-order valence-corrected chi connectivity index (χ0v) is 10.2. The maximum atomic E-state index is 11.0. The predicted molar refractivity (Wildman–Crippen MR) is 63.1 cm³/mol. The van der Waals surface area contributed by atoms with Gasteiger partial charge in [-0.05, 0) is 29.5 Å². The van der Waals surface area contributed by atoms with Crippen molar-refractivity contribution in [3.05, 3.63) is 28.8 Å². The molecule has 0 heterocycles. The Morgan fingerprint density at radius 2 is 1.88 bits per heavy atom. The predicted octanol–water partition coefficient (Wildman–Crippen LogP) is 2.95. The van der Waals surface area contributed by atoms with Crippen LogP contribution >= 0.6 is 0 Å². The summed E-state index contributed by atoms with van der Waals surface area (Å²) in [6, 6.07) is 3.09. The SMILES string of the molecule is CCc1cc(C(=O)O)cc(C(C)(C)C)c1O. The Morgan fingerprint density at radius 1 is 1.31 bits per heavy atom. The zero-order valence-electron chi connectivity index (χ0n) is 10.2. The van der Waals surface area contributed by atoms with E-state index in [-0.39, 0.29) is 16.7 Å². The molecule has 0 aromatic heterocycles. The van der Waals surface area contributed by atoms with Gasteiger partial charge in [-0.3, -0.25) is 0 Å². The van der Waals surface area contributed by atoms with E-state index < -0.39 is 5.97 Å². The minimum Gasteiger partial charge on any atom is -0.507 e. The number of rotatable bonds is 2. The fraction of sp³-hybridized carbons (Fsp3) is 0.462. The first-order valence-electron chi connectivity index (χ1n) is 5.37. The maximum Gasteiger partial charge on any atom is 0.335 e. The van der Waals surface area contributed by atoms with Gasteiger partial charge in [-0.25, -0.2) is 4.79 Å². The van der Waals surface area contributed by atoms with Crippen molar-refractivity contribution in [1.82, 2.24) is 0 Å². The summed E-state index contributed by atoms with van der Waals surface area (Å²) < 4.78 is 0. The third-order valence-corrected chi connectivity index (χ3v) is 2.62. The molecule has 3 nitrogen and oxygen atoms in total. The van der Waals surface area contributed by atoms with Crippen LogP contribution in [0.4, 0.5) is 0 Å². The van der Waals surface area contributed by atoms with E-state index in [2.05, 4.69) is 0 Å². The molecule has 88 valence electrons. The quantitative estimate of drug-likeness (QED) is 0.808. The van der Waals surface area contributed by atoms with Crippen LogP contribution in [0.25, 0.3) is 0 Å². The van der Waals surface area contributed by atoms with Crippen LogP contribution in [-0.4, -0.2) is 16.2 Å². The van der Waals surface area contributed by atoms with Crippen LogP contribution in [-0.2, 0) is 11.8 Å². The van der Waals surface area contributed by atoms with E-state index in [0.29, 0.717) is 17.5 Å². The molecule has 0 bridgehead atoms. The van der Waals surface area contributed by atoms with Crippen LogP contribution in [0.3, 0.4) is 0 Å².